The van der Waals surface area contributed by atoms with Crippen molar-refractivity contribution in [2.75, 3.05) is 18.4 Å². The Bertz CT molecular complexity index is 952. The van der Waals surface area contributed by atoms with Crippen LogP contribution in [0, 0.1) is 0 Å². The molecule has 0 atom stereocenters. The Morgan fingerprint density at radius 2 is 1.65 bits per heavy atom. The van der Waals surface area contributed by atoms with Gasteiger partial charge >= 0.3 is 0 Å². The molecule has 1 fully saturated rings. The van der Waals surface area contributed by atoms with Crippen molar-refractivity contribution in [3.63, 3.8) is 0 Å². The number of methoxy groups -OCH3 is 1. The van der Waals surface area contributed by atoms with E-state index in [1.54, 1.807) is 36.4 Å². The summed E-state index contributed by atoms with van der Waals surface area (Å²) in [7, 11) is -2.23. The van der Waals surface area contributed by atoms with E-state index in [-0.39, 0.29) is 23.5 Å². The van der Waals surface area contributed by atoms with Gasteiger partial charge in [0.25, 0.3) is 15.9 Å². The molecule has 2 aromatic carbocycles. The van der Waals surface area contributed by atoms with Crippen LogP contribution in [0.2, 0.25) is 0 Å². The number of sulfonamides is 1. The molecule has 3 rings (SSSR count). The van der Waals surface area contributed by atoms with Crippen molar-refractivity contribution in [1.29, 1.82) is 0 Å². The van der Waals surface area contributed by atoms with Crippen LogP contribution in [0.3, 0.4) is 0 Å². The lowest BCUT2D eigenvalue weighted by atomic mass is 9.97. The molecule has 1 aliphatic rings. The lowest BCUT2D eigenvalue weighted by Gasteiger charge is -2.21. The lowest BCUT2D eigenvalue weighted by molar-refractivity contribution is -0.123. The standard InChI is InChI=1S/C23H30N2O5S/c1-29-21-11-7-10-19(16-21)25-31(27,28)22-14-12-20(13-15-22)30-17-23(26)24-18-8-5-3-2-4-6-9-18/h7,10-16,18,25H,2-6,8-9,17H2,1H3,(H,24,26). The molecule has 0 aliphatic heterocycles. The summed E-state index contributed by atoms with van der Waals surface area (Å²) >= 11 is 0. The van der Waals surface area contributed by atoms with Crippen molar-refractivity contribution in [3.8, 4) is 11.5 Å². The first-order valence-corrected chi connectivity index (χ1v) is 12.1. The molecular formula is C23H30N2O5S. The number of benzene rings is 2. The van der Waals surface area contributed by atoms with E-state index >= 15 is 0 Å². The highest BCUT2D eigenvalue weighted by atomic mass is 32.2. The molecule has 1 saturated carbocycles. The first-order valence-electron chi connectivity index (χ1n) is 10.7. The van der Waals surface area contributed by atoms with E-state index in [2.05, 4.69) is 10.0 Å². The number of anilines is 1. The maximum atomic E-state index is 12.6. The largest absolute Gasteiger partial charge is 0.497 e. The fourth-order valence-corrected chi connectivity index (χ4v) is 4.68. The Kier molecular flexibility index (Phi) is 8.17. The van der Waals surface area contributed by atoms with E-state index in [1.165, 1.54) is 38.5 Å². The molecule has 1 amide bonds. The average Bonchev–Trinajstić information content (AvgIpc) is 2.74. The van der Waals surface area contributed by atoms with E-state index in [4.69, 9.17) is 9.47 Å². The van der Waals surface area contributed by atoms with E-state index in [9.17, 15) is 13.2 Å². The van der Waals surface area contributed by atoms with Crippen molar-refractivity contribution < 1.29 is 22.7 Å². The van der Waals surface area contributed by atoms with Gasteiger partial charge in [-0.15, -0.1) is 0 Å². The van der Waals surface area contributed by atoms with Gasteiger partial charge in [0.05, 0.1) is 17.7 Å². The Morgan fingerprint density at radius 1 is 0.968 bits per heavy atom. The van der Waals surface area contributed by atoms with Crippen LogP contribution >= 0.6 is 0 Å². The maximum Gasteiger partial charge on any atom is 0.261 e. The summed E-state index contributed by atoms with van der Waals surface area (Å²) in [5.41, 5.74) is 0.408. The summed E-state index contributed by atoms with van der Waals surface area (Å²) in [6, 6.07) is 12.9. The first-order chi connectivity index (χ1) is 15.0. The maximum absolute atomic E-state index is 12.6. The minimum absolute atomic E-state index is 0.0926. The zero-order chi connectivity index (χ0) is 22.1. The van der Waals surface area contributed by atoms with Gasteiger partial charge in [-0.2, -0.15) is 0 Å². The summed E-state index contributed by atoms with van der Waals surface area (Å²) < 4.78 is 38.4. The van der Waals surface area contributed by atoms with Gasteiger partial charge in [0.15, 0.2) is 6.61 Å². The van der Waals surface area contributed by atoms with Crippen LogP contribution in [-0.2, 0) is 14.8 Å². The van der Waals surface area contributed by atoms with Crippen LogP contribution in [0.25, 0.3) is 0 Å². The number of amides is 1. The zero-order valence-corrected chi connectivity index (χ0v) is 18.6. The molecule has 168 valence electrons. The molecule has 2 aromatic rings. The molecule has 2 N–H and O–H groups in total. The highest BCUT2D eigenvalue weighted by molar-refractivity contribution is 7.92. The van der Waals surface area contributed by atoms with Crippen LogP contribution in [0.15, 0.2) is 53.4 Å². The van der Waals surface area contributed by atoms with Gasteiger partial charge in [-0.25, -0.2) is 8.42 Å². The highest BCUT2D eigenvalue weighted by Gasteiger charge is 2.16. The van der Waals surface area contributed by atoms with Crippen LogP contribution < -0.4 is 19.5 Å². The Morgan fingerprint density at radius 3 is 2.32 bits per heavy atom. The number of carbonyl (C=O) groups excluding carboxylic acids is 1. The second kappa shape index (κ2) is 11.0. The average molecular weight is 447 g/mol. The zero-order valence-electron chi connectivity index (χ0n) is 17.8. The first kappa shape index (κ1) is 22.9. The van der Waals surface area contributed by atoms with Gasteiger partial charge in [0, 0.05) is 12.1 Å². The Labute approximate surface area is 184 Å². The fourth-order valence-electron chi connectivity index (χ4n) is 3.63. The predicted molar refractivity (Wildman–Crippen MR) is 120 cm³/mol. The monoisotopic (exact) mass is 446 g/mol. The second-order valence-electron chi connectivity index (χ2n) is 7.71. The van der Waals surface area contributed by atoms with Gasteiger partial charge in [0.2, 0.25) is 0 Å². The predicted octanol–water partition coefficient (Wildman–Crippen LogP) is 4.10. The molecule has 0 radical (unpaired) electrons. The molecule has 8 heteroatoms. The minimum atomic E-state index is -3.75. The van der Waals surface area contributed by atoms with E-state index < -0.39 is 10.0 Å². The summed E-state index contributed by atoms with van der Waals surface area (Å²) in [5.74, 6) is 0.844. The van der Waals surface area contributed by atoms with Crippen molar-refractivity contribution in [1.82, 2.24) is 5.32 Å². The van der Waals surface area contributed by atoms with E-state index in [0.29, 0.717) is 17.2 Å². The number of rotatable bonds is 8. The third-order valence-electron chi connectivity index (χ3n) is 5.30. The molecule has 0 aromatic heterocycles. The second-order valence-corrected chi connectivity index (χ2v) is 9.39. The number of nitrogens with one attached hydrogen (secondary N) is 2. The van der Waals surface area contributed by atoms with Crippen LogP contribution in [0.4, 0.5) is 5.69 Å². The molecule has 0 spiro atoms. The van der Waals surface area contributed by atoms with Crippen LogP contribution in [0.1, 0.15) is 44.9 Å². The number of carbonyl (C=O) groups is 1. The Balaban J connectivity index is 1.52. The number of ether oxygens (including phenoxy) is 2. The summed E-state index contributed by atoms with van der Waals surface area (Å²) in [6.45, 7) is -0.0926. The van der Waals surface area contributed by atoms with Gasteiger partial charge in [-0.05, 0) is 49.2 Å². The quantitative estimate of drug-likeness (QED) is 0.637. The smallest absolute Gasteiger partial charge is 0.261 e. The normalized spacial score (nSPS) is 15.4. The lowest BCUT2D eigenvalue weighted by Crippen LogP contribution is -2.38. The SMILES string of the molecule is COc1cccc(NS(=O)(=O)c2ccc(OCC(=O)NC3CCCCCCC3)cc2)c1. The molecule has 0 saturated heterocycles. The summed E-state index contributed by atoms with van der Waals surface area (Å²) in [5, 5.41) is 3.05. The van der Waals surface area contributed by atoms with Crippen molar-refractivity contribution in [2.45, 2.75) is 55.9 Å². The molecule has 0 unspecified atom stereocenters. The van der Waals surface area contributed by atoms with Crippen molar-refractivity contribution in [3.05, 3.63) is 48.5 Å². The molecule has 7 nitrogen and oxygen atoms in total. The molecule has 31 heavy (non-hydrogen) atoms. The van der Waals surface area contributed by atoms with Gasteiger partial charge < -0.3 is 14.8 Å². The van der Waals surface area contributed by atoms with Gasteiger partial charge in [-0.3, -0.25) is 9.52 Å². The molecule has 0 bridgehead atoms. The summed E-state index contributed by atoms with van der Waals surface area (Å²) in [4.78, 5) is 12.3. The fraction of sp³-hybridized carbons (Fsp3) is 0.435. The highest BCUT2D eigenvalue weighted by Crippen LogP contribution is 2.22. The third kappa shape index (κ3) is 7.17. The van der Waals surface area contributed by atoms with E-state index in [0.717, 1.165) is 25.7 Å². The molecular weight excluding hydrogens is 416 g/mol. The van der Waals surface area contributed by atoms with Gasteiger partial charge in [-0.1, -0.05) is 38.2 Å². The van der Waals surface area contributed by atoms with Crippen LogP contribution in [-0.4, -0.2) is 34.1 Å². The van der Waals surface area contributed by atoms with E-state index in [1.807, 2.05) is 0 Å². The number of hydrogen-bond donors (Lipinski definition) is 2. The number of hydrogen-bond acceptors (Lipinski definition) is 5. The third-order valence-corrected chi connectivity index (χ3v) is 6.69. The summed E-state index contributed by atoms with van der Waals surface area (Å²) in [6.07, 6.45) is 8.05. The van der Waals surface area contributed by atoms with Crippen molar-refractivity contribution >= 4 is 21.6 Å². The Hall–Kier alpha value is -2.74. The van der Waals surface area contributed by atoms with Crippen molar-refractivity contribution in [2.24, 2.45) is 0 Å². The topological polar surface area (TPSA) is 93.7 Å². The van der Waals surface area contributed by atoms with Gasteiger partial charge in [0.1, 0.15) is 11.5 Å². The molecule has 0 heterocycles. The van der Waals surface area contributed by atoms with Crippen LogP contribution in [0.5, 0.6) is 11.5 Å². The molecule has 1 aliphatic carbocycles. The minimum Gasteiger partial charge on any atom is -0.497 e.